The predicted octanol–water partition coefficient (Wildman–Crippen LogP) is 3.33. The molecule has 2 aromatic carbocycles. The number of rotatable bonds is 6. The summed E-state index contributed by atoms with van der Waals surface area (Å²) < 4.78 is 10.5. The topological polar surface area (TPSA) is 71.3 Å². The first-order chi connectivity index (χ1) is 11.6. The summed E-state index contributed by atoms with van der Waals surface area (Å²) in [6, 6.07) is 14.9. The van der Waals surface area contributed by atoms with Crippen molar-refractivity contribution in [3.05, 3.63) is 53.6 Å². The lowest BCUT2D eigenvalue weighted by molar-refractivity contribution is -0.118. The number of para-hydroxylation sites is 1. The molecule has 0 aromatic heterocycles. The molecular weight excluding hydrogens is 304 g/mol. The van der Waals surface area contributed by atoms with E-state index in [1.807, 2.05) is 31.2 Å². The summed E-state index contributed by atoms with van der Waals surface area (Å²) in [6.45, 7) is 1.90. The van der Waals surface area contributed by atoms with E-state index in [9.17, 15) is 10.1 Å². The van der Waals surface area contributed by atoms with Crippen LogP contribution >= 0.6 is 0 Å². The van der Waals surface area contributed by atoms with Crippen LogP contribution in [0.15, 0.2) is 42.5 Å². The molecule has 2 rings (SSSR count). The molecule has 1 N–H and O–H groups in total. The van der Waals surface area contributed by atoms with Crippen molar-refractivity contribution in [2.75, 3.05) is 19.5 Å². The quantitative estimate of drug-likeness (QED) is 0.884. The minimum Gasteiger partial charge on any atom is -0.497 e. The number of nitrogens with one attached hydrogen (secondary N) is 1. The van der Waals surface area contributed by atoms with Crippen molar-refractivity contribution in [1.29, 1.82) is 5.26 Å². The Morgan fingerprint density at radius 1 is 1.21 bits per heavy atom. The number of amides is 1. The number of hydrogen-bond donors (Lipinski definition) is 1. The van der Waals surface area contributed by atoms with Crippen LogP contribution in [0.2, 0.25) is 0 Å². The number of nitriles is 1. The van der Waals surface area contributed by atoms with Gasteiger partial charge in [0.25, 0.3) is 0 Å². The Morgan fingerprint density at radius 2 is 1.96 bits per heavy atom. The molecule has 0 saturated carbocycles. The molecule has 0 aliphatic heterocycles. The van der Waals surface area contributed by atoms with Gasteiger partial charge in [-0.3, -0.25) is 4.79 Å². The maximum atomic E-state index is 12.4. The van der Waals surface area contributed by atoms with Crippen LogP contribution in [0, 0.1) is 24.2 Å². The second-order valence-electron chi connectivity index (χ2n) is 5.37. The van der Waals surface area contributed by atoms with Gasteiger partial charge in [0.05, 0.1) is 20.3 Å². The van der Waals surface area contributed by atoms with E-state index in [1.54, 1.807) is 32.4 Å². The fourth-order valence-electron chi connectivity index (χ4n) is 2.39. The first-order valence-corrected chi connectivity index (χ1v) is 7.56. The van der Waals surface area contributed by atoms with Gasteiger partial charge in [-0.1, -0.05) is 18.2 Å². The molecular formula is C19H20N2O3. The molecule has 0 aliphatic carbocycles. The monoisotopic (exact) mass is 324 g/mol. The number of methoxy groups -OCH3 is 2. The van der Waals surface area contributed by atoms with Gasteiger partial charge in [-0.05, 0) is 42.3 Å². The normalized spacial score (nSPS) is 11.2. The number of anilines is 1. The highest BCUT2D eigenvalue weighted by atomic mass is 16.5. The summed E-state index contributed by atoms with van der Waals surface area (Å²) in [5.74, 6) is 0.115. The van der Waals surface area contributed by atoms with Gasteiger partial charge in [0, 0.05) is 12.1 Å². The lowest BCUT2D eigenvalue weighted by Crippen LogP contribution is -2.24. The Labute approximate surface area is 141 Å². The molecule has 0 bridgehead atoms. The van der Waals surface area contributed by atoms with Crippen LogP contribution in [0.4, 0.5) is 5.69 Å². The number of carbonyl (C=O) groups is 1. The lowest BCUT2D eigenvalue weighted by Gasteiger charge is -2.14. The van der Waals surface area contributed by atoms with E-state index >= 15 is 0 Å². The number of nitrogens with zero attached hydrogens (tertiary/aromatic N) is 1. The highest BCUT2D eigenvalue weighted by Gasteiger charge is 2.21. The average Bonchev–Trinajstić information content (AvgIpc) is 2.61. The summed E-state index contributed by atoms with van der Waals surface area (Å²) in [4.78, 5) is 12.4. The minimum absolute atomic E-state index is 0.245. The van der Waals surface area contributed by atoms with Crippen molar-refractivity contribution in [2.24, 2.45) is 5.92 Å². The zero-order chi connectivity index (χ0) is 17.5. The molecule has 0 radical (unpaired) electrons. The first-order valence-electron chi connectivity index (χ1n) is 7.56. The van der Waals surface area contributed by atoms with Crippen LogP contribution in [0.3, 0.4) is 0 Å². The first kappa shape index (κ1) is 17.4. The van der Waals surface area contributed by atoms with E-state index in [1.165, 1.54) is 0 Å². The molecule has 1 amide bonds. The molecule has 24 heavy (non-hydrogen) atoms. The summed E-state index contributed by atoms with van der Waals surface area (Å²) in [7, 11) is 3.12. The van der Waals surface area contributed by atoms with Crippen molar-refractivity contribution in [1.82, 2.24) is 0 Å². The smallest absolute Gasteiger partial charge is 0.242 e. The third-order valence-electron chi connectivity index (χ3n) is 3.79. The van der Waals surface area contributed by atoms with E-state index in [0.29, 0.717) is 17.2 Å². The van der Waals surface area contributed by atoms with E-state index in [2.05, 4.69) is 11.4 Å². The number of ether oxygens (including phenoxy) is 2. The molecule has 0 aliphatic rings. The van der Waals surface area contributed by atoms with Crippen molar-refractivity contribution < 1.29 is 14.3 Å². The van der Waals surface area contributed by atoms with Gasteiger partial charge < -0.3 is 14.8 Å². The third kappa shape index (κ3) is 4.05. The van der Waals surface area contributed by atoms with E-state index in [-0.39, 0.29) is 12.3 Å². The van der Waals surface area contributed by atoms with Crippen LogP contribution in [-0.4, -0.2) is 20.1 Å². The zero-order valence-electron chi connectivity index (χ0n) is 14.0. The molecule has 5 heteroatoms. The van der Waals surface area contributed by atoms with Gasteiger partial charge in [-0.2, -0.15) is 5.26 Å². The Bertz CT molecular complexity index is 765. The number of benzene rings is 2. The van der Waals surface area contributed by atoms with Gasteiger partial charge in [-0.25, -0.2) is 0 Å². The lowest BCUT2D eigenvalue weighted by atomic mass is 9.98. The van der Waals surface area contributed by atoms with Crippen LogP contribution in [-0.2, 0) is 11.2 Å². The second-order valence-corrected chi connectivity index (χ2v) is 5.37. The molecule has 0 heterocycles. The predicted molar refractivity (Wildman–Crippen MR) is 92.2 cm³/mol. The molecule has 124 valence electrons. The SMILES string of the molecule is COc1ccc(OC)c(C[C@H](C#N)C(=O)Nc2ccccc2C)c1. The van der Waals surface area contributed by atoms with Crippen molar-refractivity contribution in [3.63, 3.8) is 0 Å². The maximum Gasteiger partial charge on any atom is 0.242 e. The van der Waals surface area contributed by atoms with Crippen molar-refractivity contribution in [3.8, 4) is 17.6 Å². The minimum atomic E-state index is -0.828. The zero-order valence-corrected chi connectivity index (χ0v) is 14.0. The molecule has 0 unspecified atom stereocenters. The highest BCUT2D eigenvalue weighted by molar-refractivity contribution is 5.95. The Hall–Kier alpha value is -3.00. The summed E-state index contributed by atoms with van der Waals surface area (Å²) >= 11 is 0. The standard InChI is InChI=1S/C19H20N2O3/c1-13-6-4-5-7-17(13)21-19(22)15(12-20)10-14-11-16(23-2)8-9-18(14)24-3/h4-9,11,15H,10H2,1-3H3,(H,21,22)/t15-/m1/s1. The Kier molecular flexibility index (Phi) is 5.80. The molecule has 0 saturated heterocycles. The van der Waals surface area contributed by atoms with Crippen molar-refractivity contribution >= 4 is 11.6 Å². The van der Waals surface area contributed by atoms with E-state index in [0.717, 1.165) is 11.1 Å². The highest BCUT2D eigenvalue weighted by Crippen LogP contribution is 2.27. The third-order valence-corrected chi connectivity index (χ3v) is 3.79. The number of aryl methyl sites for hydroxylation is 1. The molecule has 5 nitrogen and oxygen atoms in total. The van der Waals surface area contributed by atoms with Gasteiger partial charge >= 0.3 is 0 Å². The Morgan fingerprint density at radius 3 is 2.58 bits per heavy atom. The van der Waals surface area contributed by atoms with Crippen LogP contribution < -0.4 is 14.8 Å². The van der Waals surface area contributed by atoms with Crippen molar-refractivity contribution in [2.45, 2.75) is 13.3 Å². The summed E-state index contributed by atoms with van der Waals surface area (Å²) in [5, 5.41) is 12.2. The molecule has 1 atom stereocenters. The fourth-order valence-corrected chi connectivity index (χ4v) is 2.39. The summed E-state index contributed by atoms with van der Waals surface area (Å²) in [6.07, 6.45) is 0.245. The molecule has 0 fully saturated rings. The van der Waals surface area contributed by atoms with Gasteiger partial charge in [0.2, 0.25) is 5.91 Å². The van der Waals surface area contributed by atoms with Gasteiger partial charge in [-0.15, -0.1) is 0 Å². The number of carbonyl (C=O) groups excluding carboxylic acids is 1. The Balaban J connectivity index is 2.19. The van der Waals surface area contributed by atoms with Crippen LogP contribution in [0.1, 0.15) is 11.1 Å². The molecule has 0 spiro atoms. The maximum absolute atomic E-state index is 12.4. The van der Waals surface area contributed by atoms with E-state index in [4.69, 9.17) is 9.47 Å². The number of hydrogen-bond acceptors (Lipinski definition) is 4. The summed E-state index contributed by atoms with van der Waals surface area (Å²) in [5.41, 5.74) is 2.41. The second kappa shape index (κ2) is 8.02. The van der Waals surface area contributed by atoms with Gasteiger partial charge in [0.15, 0.2) is 0 Å². The molecule has 2 aromatic rings. The fraction of sp³-hybridized carbons (Fsp3) is 0.263. The van der Waals surface area contributed by atoms with E-state index < -0.39 is 5.92 Å². The average molecular weight is 324 g/mol. The van der Waals surface area contributed by atoms with Crippen LogP contribution in [0.25, 0.3) is 0 Å². The van der Waals surface area contributed by atoms with Crippen LogP contribution in [0.5, 0.6) is 11.5 Å². The van der Waals surface area contributed by atoms with Gasteiger partial charge in [0.1, 0.15) is 17.4 Å². The largest absolute Gasteiger partial charge is 0.497 e.